The zero-order valence-corrected chi connectivity index (χ0v) is 29.3. The van der Waals surface area contributed by atoms with E-state index in [0.29, 0.717) is 5.82 Å². The van der Waals surface area contributed by atoms with Crippen molar-refractivity contribution < 1.29 is 0 Å². The Labute approximate surface area is 309 Å². The Hall–Kier alpha value is -6.82. The van der Waals surface area contributed by atoms with Gasteiger partial charge >= 0.3 is 0 Å². The number of nitrogens with zero attached hydrogens (tertiary/aromatic N) is 4. The van der Waals surface area contributed by atoms with E-state index >= 15 is 0 Å². The van der Waals surface area contributed by atoms with E-state index in [-0.39, 0.29) is 0 Å². The van der Waals surface area contributed by atoms with Crippen LogP contribution in [0.4, 0.5) is 0 Å². The fraction of sp³-hybridized carbons (Fsp3) is 0. The lowest BCUT2D eigenvalue weighted by Gasteiger charge is -2.13. The number of thiophene rings is 1. The second-order valence-corrected chi connectivity index (χ2v) is 14.5. The lowest BCUT2D eigenvalue weighted by Crippen LogP contribution is -1.98. The molecule has 0 aliphatic carbocycles. The van der Waals surface area contributed by atoms with Gasteiger partial charge in [0.05, 0.1) is 32.6 Å². The maximum absolute atomic E-state index is 5.19. The van der Waals surface area contributed by atoms with Crippen LogP contribution in [0.1, 0.15) is 0 Å². The maximum atomic E-state index is 5.19. The van der Waals surface area contributed by atoms with Gasteiger partial charge in [-0.3, -0.25) is 0 Å². The van der Waals surface area contributed by atoms with Crippen LogP contribution in [0.15, 0.2) is 182 Å². The highest BCUT2D eigenvalue weighted by molar-refractivity contribution is 7.26. The van der Waals surface area contributed by atoms with Crippen molar-refractivity contribution in [1.29, 1.82) is 0 Å². The lowest BCUT2D eigenvalue weighted by molar-refractivity contribution is 1.13. The van der Waals surface area contributed by atoms with Gasteiger partial charge in [-0.1, -0.05) is 127 Å². The first kappa shape index (κ1) is 29.9. The average molecular weight is 695 g/mol. The first-order valence-electron chi connectivity index (χ1n) is 17.8. The van der Waals surface area contributed by atoms with Crippen molar-refractivity contribution in [3.8, 4) is 45.3 Å². The maximum Gasteiger partial charge on any atom is 0.160 e. The largest absolute Gasteiger partial charge is 0.316 e. The Morgan fingerprint density at radius 1 is 0.415 bits per heavy atom. The molecule has 0 radical (unpaired) electrons. The summed E-state index contributed by atoms with van der Waals surface area (Å²) in [5.41, 5.74) is 10.7. The first-order valence-corrected chi connectivity index (χ1v) is 18.6. The van der Waals surface area contributed by atoms with Gasteiger partial charge in [0, 0.05) is 65.9 Å². The van der Waals surface area contributed by atoms with Crippen molar-refractivity contribution in [3.63, 3.8) is 0 Å². The molecule has 4 aromatic heterocycles. The van der Waals surface area contributed by atoms with E-state index in [2.05, 4.69) is 179 Å². The van der Waals surface area contributed by atoms with Crippen molar-refractivity contribution >= 4 is 64.2 Å². The van der Waals surface area contributed by atoms with Gasteiger partial charge in [-0.2, -0.15) is 0 Å². The molecule has 53 heavy (non-hydrogen) atoms. The second-order valence-electron chi connectivity index (χ2n) is 13.4. The minimum Gasteiger partial charge on any atom is -0.316 e. The number of hydrogen-bond acceptors (Lipinski definition) is 3. The average Bonchev–Trinajstić information content (AvgIpc) is 3.94. The molecule has 5 heteroatoms. The topological polar surface area (TPSA) is 35.6 Å². The Kier molecular flexibility index (Phi) is 6.69. The van der Waals surface area contributed by atoms with E-state index in [1.807, 2.05) is 23.5 Å². The highest BCUT2D eigenvalue weighted by Gasteiger charge is 2.21. The fourth-order valence-corrected chi connectivity index (χ4v) is 9.17. The molecule has 0 aliphatic heterocycles. The van der Waals surface area contributed by atoms with Crippen LogP contribution in [0.3, 0.4) is 0 Å². The van der Waals surface area contributed by atoms with E-state index in [4.69, 9.17) is 9.97 Å². The number of fused-ring (bicyclic) bond motifs is 9. The first-order chi connectivity index (χ1) is 26.3. The van der Waals surface area contributed by atoms with Gasteiger partial charge < -0.3 is 9.13 Å². The van der Waals surface area contributed by atoms with Crippen molar-refractivity contribution in [1.82, 2.24) is 19.1 Å². The van der Waals surface area contributed by atoms with Gasteiger partial charge in [0.25, 0.3) is 0 Å². The molecule has 0 bridgehead atoms. The molecule has 11 rings (SSSR count). The molecule has 0 N–H and O–H groups in total. The predicted molar refractivity (Wildman–Crippen MR) is 222 cm³/mol. The molecule has 0 atom stereocenters. The van der Waals surface area contributed by atoms with E-state index in [1.165, 1.54) is 52.9 Å². The minimum atomic E-state index is 0.695. The summed E-state index contributed by atoms with van der Waals surface area (Å²) in [6, 6.07) is 62.4. The molecule has 0 fully saturated rings. The minimum absolute atomic E-state index is 0.695. The van der Waals surface area contributed by atoms with Gasteiger partial charge in [-0.05, 0) is 48.5 Å². The molecule has 0 spiro atoms. The second kappa shape index (κ2) is 11.9. The molecule has 0 unspecified atom stereocenters. The van der Waals surface area contributed by atoms with Crippen molar-refractivity contribution in [3.05, 3.63) is 182 Å². The molecule has 4 nitrogen and oxygen atoms in total. The molecule has 248 valence electrons. The van der Waals surface area contributed by atoms with Crippen LogP contribution in [-0.2, 0) is 0 Å². The van der Waals surface area contributed by atoms with E-state index in [0.717, 1.165) is 39.5 Å². The summed E-state index contributed by atoms with van der Waals surface area (Å²) < 4.78 is 7.36. The summed E-state index contributed by atoms with van der Waals surface area (Å²) in [6.07, 6.45) is 2.20. The standard InChI is InChI=1S/C48H30N4S/c1-4-13-31(14-5-1)41-30-42(32-15-6-2-7-16-32)50-48(49-41)33-17-12-20-35(29-33)52-45-37(25-26-43-40(45)27-28-51(43)34-18-8-3-9-19-34)38-23-24-39-36-21-10-11-22-44(36)53-47(39)46(38)52/h1-30H. The third kappa shape index (κ3) is 4.75. The van der Waals surface area contributed by atoms with Crippen molar-refractivity contribution in [2.45, 2.75) is 0 Å². The number of hydrogen-bond donors (Lipinski definition) is 0. The lowest BCUT2D eigenvalue weighted by atomic mass is 10.1. The van der Waals surface area contributed by atoms with Crippen LogP contribution in [0, 0.1) is 0 Å². The normalized spacial score (nSPS) is 11.8. The molecule has 0 amide bonds. The van der Waals surface area contributed by atoms with Gasteiger partial charge in [0.1, 0.15) is 0 Å². The molecule has 11 aromatic rings. The zero-order valence-electron chi connectivity index (χ0n) is 28.5. The van der Waals surface area contributed by atoms with Crippen LogP contribution in [0.5, 0.6) is 0 Å². The monoisotopic (exact) mass is 694 g/mol. The third-order valence-electron chi connectivity index (χ3n) is 10.4. The smallest absolute Gasteiger partial charge is 0.160 e. The fourth-order valence-electron chi connectivity index (χ4n) is 7.93. The summed E-state index contributed by atoms with van der Waals surface area (Å²) in [5.74, 6) is 0.695. The van der Waals surface area contributed by atoms with Crippen LogP contribution in [0.25, 0.3) is 98.2 Å². The number of benzene rings is 7. The van der Waals surface area contributed by atoms with Crippen LogP contribution >= 0.6 is 11.3 Å². The van der Waals surface area contributed by atoms with E-state index in [1.54, 1.807) is 0 Å². The Balaban J connectivity index is 1.21. The highest BCUT2D eigenvalue weighted by atomic mass is 32.1. The summed E-state index contributed by atoms with van der Waals surface area (Å²) in [6.45, 7) is 0. The number of aromatic nitrogens is 4. The Bertz CT molecular complexity index is 3100. The quantitative estimate of drug-likeness (QED) is 0.180. The van der Waals surface area contributed by atoms with E-state index < -0.39 is 0 Å². The van der Waals surface area contributed by atoms with Gasteiger partial charge in [0.15, 0.2) is 5.82 Å². The van der Waals surface area contributed by atoms with Crippen LogP contribution in [0.2, 0.25) is 0 Å². The number of rotatable bonds is 5. The Morgan fingerprint density at radius 2 is 1.02 bits per heavy atom. The van der Waals surface area contributed by atoms with Crippen molar-refractivity contribution in [2.24, 2.45) is 0 Å². The summed E-state index contributed by atoms with van der Waals surface area (Å²) in [7, 11) is 0. The molecule has 0 saturated carbocycles. The zero-order chi connectivity index (χ0) is 34.9. The highest BCUT2D eigenvalue weighted by Crippen LogP contribution is 2.45. The molecule has 7 aromatic carbocycles. The van der Waals surface area contributed by atoms with Crippen LogP contribution in [-0.4, -0.2) is 19.1 Å². The summed E-state index contributed by atoms with van der Waals surface area (Å²) in [4.78, 5) is 10.4. The summed E-state index contributed by atoms with van der Waals surface area (Å²) >= 11 is 1.87. The SMILES string of the molecule is c1ccc(-c2cc(-c3ccccc3)nc(-c3cccc(-n4c5c(ccc6c5ccn6-c5ccccc5)c5ccc6c7ccccc7sc6c54)c3)n2)cc1. The molecular weight excluding hydrogens is 665 g/mol. The van der Waals surface area contributed by atoms with Gasteiger partial charge in [-0.15, -0.1) is 11.3 Å². The molecule has 0 aliphatic rings. The Morgan fingerprint density at radius 3 is 1.77 bits per heavy atom. The van der Waals surface area contributed by atoms with Gasteiger partial charge in [0.2, 0.25) is 0 Å². The predicted octanol–water partition coefficient (Wildman–Crippen LogP) is 12.9. The molecular formula is C48H30N4S. The van der Waals surface area contributed by atoms with Gasteiger partial charge in [-0.25, -0.2) is 9.97 Å². The summed E-state index contributed by atoms with van der Waals surface area (Å²) in [5, 5.41) is 6.25. The molecule has 4 heterocycles. The van der Waals surface area contributed by atoms with Crippen molar-refractivity contribution in [2.75, 3.05) is 0 Å². The molecule has 0 saturated heterocycles. The third-order valence-corrected chi connectivity index (χ3v) is 11.6. The number of para-hydroxylation sites is 1. The van der Waals surface area contributed by atoms with Crippen LogP contribution < -0.4 is 0 Å². The van der Waals surface area contributed by atoms with E-state index in [9.17, 15) is 0 Å².